The fourth-order valence-corrected chi connectivity index (χ4v) is 4.95. The lowest BCUT2D eigenvalue weighted by atomic mass is 9.72. The van der Waals surface area contributed by atoms with Gasteiger partial charge in [0, 0.05) is 5.25 Å². The van der Waals surface area contributed by atoms with Crippen LogP contribution in [0.15, 0.2) is 0 Å². The molecule has 0 aromatic heterocycles. The van der Waals surface area contributed by atoms with Crippen LogP contribution >= 0.6 is 11.8 Å². The van der Waals surface area contributed by atoms with Gasteiger partial charge in [-0.15, -0.1) is 0 Å². The van der Waals surface area contributed by atoms with Crippen LogP contribution in [0.2, 0.25) is 0 Å². The molecule has 2 rings (SSSR count). The lowest BCUT2D eigenvalue weighted by molar-refractivity contribution is 0.190. The van der Waals surface area contributed by atoms with Crippen LogP contribution in [0.25, 0.3) is 0 Å². The van der Waals surface area contributed by atoms with E-state index in [1.165, 1.54) is 37.9 Å². The Bertz CT molecular complexity index is 197. The zero-order valence-corrected chi connectivity index (χ0v) is 10.7. The van der Waals surface area contributed by atoms with Crippen LogP contribution in [0.4, 0.5) is 0 Å². The zero-order chi connectivity index (χ0) is 10.2. The Morgan fingerprint density at radius 1 is 1.21 bits per heavy atom. The van der Waals surface area contributed by atoms with E-state index in [1.807, 2.05) is 0 Å². The molecule has 1 aliphatic carbocycles. The van der Waals surface area contributed by atoms with Gasteiger partial charge < -0.3 is 0 Å². The first-order valence-electron chi connectivity index (χ1n) is 6.20. The molecule has 1 heterocycles. The average Bonchev–Trinajstić information content (AvgIpc) is 2.39. The van der Waals surface area contributed by atoms with Crippen molar-refractivity contribution in [3.05, 3.63) is 0 Å². The highest BCUT2D eigenvalue weighted by Gasteiger charge is 2.38. The molecule has 0 aromatic carbocycles. The number of hydrogen-bond acceptors (Lipinski definition) is 1. The molecule has 1 saturated heterocycles. The normalized spacial score (nSPS) is 42.6. The van der Waals surface area contributed by atoms with E-state index in [0.717, 1.165) is 17.1 Å². The molecule has 3 atom stereocenters. The van der Waals surface area contributed by atoms with E-state index in [9.17, 15) is 0 Å². The summed E-state index contributed by atoms with van der Waals surface area (Å²) in [6.07, 6.45) is 7.37. The second kappa shape index (κ2) is 4.08. The minimum Gasteiger partial charge on any atom is -0.158 e. The van der Waals surface area contributed by atoms with Crippen molar-refractivity contribution < 1.29 is 0 Å². The van der Waals surface area contributed by atoms with Crippen LogP contribution < -0.4 is 0 Å². The van der Waals surface area contributed by atoms with Crippen molar-refractivity contribution >= 4 is 11.8 Å². The average molecular weight is 212 g/mol. The van der Waals surface area contributed by atoms with E-state index in [4.69, 9.17) is 0 Å². The van der Waals surface area contributed by atoms with Gasteiger partial charge in [-0.05, 0) is 42.3 Å². The fraction of sp³-hybridized carbons (Fsp3) is 1.00. The summed E-state index contributed by atoms with van der Waals surface area (Å²) >= 11 is 2.26. The van der Waals surface area contributed by atoms with Crippen LogP contribution in [0.3, 0.4) is 0 Å². The quantitative estimate of drug-likeness (QED) is 0.575. The van der Waals surface area contributed by atoms with E-state index in [0.29, 0.717) is 5.41 Å². The highest BCUT2D eigenvalue weighted by molar-refractivity contribution is 8.00. The van der Waals surface area contributed by atoms with Gasteiger partial charge in [-0.3, -0.25) is 0 Å². The van der Waals surface area contributed by atoms with Gasteiger partial charge in [-0.2, -0.15) is 11.8 Å². The summed E-state index contributed by atoms with van der Waals surface area (Å²) in [5, 5.41) is 1.00. The Morgan fingerprint density at radius 2 is 2.00 bits per heavy atom. The minimum atomic E-state index is 0.614. The molecule has 82 valence electrons. The number of hydrogen-bond donors (Lipinski definition) is 0. The van der Waals surface area contributed by atoms with Gasteiger partial charge in [0.05, 0.1) is 0 Å². The predicted octanol–water partition coefficient (Wildman–Crippen LogP) is 4.34. The maximum Gasteiger partial charge on any atom is 0.00784 e. The number of rotatable bonds is 0. The molecular formula is C13H24S. The van der Waals surface area contributed by atoms with Crippen molar-refractivity contribution in [1.29, 1.82) is 0 Å². The maximum absolute atomic E-state index is 2.48. The van der Waals surface area contributed by atoms with Crippen LogP contribution in [-0.2, 0) is 0 Å². The van der Waals surface area contributed by atoms with Crippen LogP contribution in [0, 0.1) is 17.3 Å². The molecular weight excluding hydrogens is 188 g/mol. The summed E-state index contributed by atoms with van der Waals surface area (Å²) in [5.41, 5.74) is 0.614. The molecule has 1 saturated carbocycles. The van der Waals surface area contributed by atoms with Gasteiger partial charge in [0.2, 0.25) is 0 Å². The monoisotopic (exact) mass is 212 g/mol. The fourth-order valence-electron chi connectivity index (χ4n) is 3.21. The van der Waals surface area contributed by atoms with Gasteiger partial charge >= 0.3 is 0 Å². The Balaban J connectivity index is 2.07. The third kappa shape index (κ3) is 2.29. The molecule has 0 amide bonds. The molecule has 0 aromatic rings. The number of thioether (sulfide) groups is 1. The third-order valence-corrected chi connectivity index (χ3v) is 5.89. The van der Waals surface area contributed by atoms with Crippen LogP contribution in [0.1, 0.15) is 52.9 Å². The Kier molecular flexibility index (Phi) is 3.16. The lowest BCUT2D eigenvalue weighted by Crippen LogP contribution is -2.27. The highest BCUT2D eigenvalue weighted by Crippen LogP contribution is 2.47. The zero-order valence-electron chi connectivity index (χ0n) is 9.88. The first-order valence-corrected chi connectivity index (χ1v) is 7.25. The largest absolute Gasteiger partial charge is 0.158 e. The van der Waals surface area contributed by atoms with Crippen LogP contribution in [0.5, 0.6) is 0 Å². The second-order valence-corrected chi connectivity index (χ2v) is 7.40. The molecule has 0 nitrogen and oxygen atoms in total. The van der Waals surface area contributed by atoms with Gasteiger partial charge in [0.25, 0.3) is 0 Å². The standard InChI is InChI=1S/C13H24S/c1-10-9-14-12-6-4-5-7-13(2,3)8-11(10)12/h10-12H,4-9H2,1-3H3. The first-order chi connectivity index (χ1) is 6.58. The molecule has 14 heavy (non-hydrogen) atoms. The highest BCUT2D eigenvalue weighted by atomic mass is 32.2. The summed E-state index contributed by atoms with van der Waals surface area (Å²) in [7, 11) is 0. The van der Waals surface area contributed by atoms with E-state index < -0.39 is 0 Å². The summed E-state index contributed by atoms with van der Waals surface area (Å²) in [5.74, 6) is 3.42. The molecule has 0 N–H and O–H groups in total. The molecule has 0 bridgehead atoms. The Morgan fingerprint density at radius 3 is 2.79 bits per heavy atom. The molecule has 1 aliphatic heterocycles. The molecule has 0 spiro atoms. The summed E-state index contributed by atoms with van der Waals surface area (Å²) < 4.78 is 0. The van der Waals surface area contributed by atoms with Crippen LogP contribution in [-0.4, -0.2) is 11.0 Å². The lowest BCUT2D eigenvalue weighted by Gasteiger charge is -2.35. The molecule has 3 unspecified atom stereocenters. The molecule has 2 fully saturated rings. The van der Waals surface area contributed by atoms with Gasteiger partial charge in [0.1, 0.15) is 0 Å². The SMILES string of the molecule is CC1CSC2CCCCC(C)(C)CC12. The Hall–Kier alpha value is 0.350. The smallest absolute Gasteiger partial charge is 0.00784 e. The maximum atomic E-state index is 2.48. The van der Waals surface area contributed by atoms with Gasteiger partial charge in [-0.25, -0.2) is 0 Å². The molecule has 1 heteroatoms. The van der Waals surface area contributed by atoms with Crippen molar-refractivity contribution in [3.8, 4) is 0 Å². The molecule has 2 aliphatic rings. The van der Waals surface area contributed by atoms with Crippen molar-refractivity contribution in [2.24, 2.45) is 17.3 Å². The van der Waals surface area contributed by atoms with E-state index in [-0.39, 0.29) is 0 Å². The Labute approximate surface area is 93.2 Å². The summed E-state index contributed by atoms with van der Waals surface area (Å²) in [6, 6.07) is 0. The van der Waals surface area contributed by atoms with Crippen molar-refractivity contribution in [2.75, 3.05) is 5.75 Å². The van der Waals surface area contributed by atoms with Gasteiger partial charge in [0.15, 0.2) is 0 Å². The predicted molar refractivity (Wildman–Crippen MR) is 65.8 cm³/mol. The summed E-state index contributed by atoms with van der Waals surface area (Å²) in [4.78, 5) is 0. The van der Waals surface area contributed by atoms with E-state index in [1.54, 1.807) is 0 Å². The van der Waals surface area contributed by atoms with E-state index >= 15 is 0 Å². The third-order valence-electron chi connectivity index (χ3n) is 4.16. The summed E-state index contributed by atoms with van der Waals surface area (Å²) in [6.45, 7) is 7.42. The first kappa shape index (κ1) is 10.9. The van der Waals surface area contributed by atoms with Crippen molar-refractivity contribution in [1.82, 2.24) is 0 Å². The van der Waals surface area contributed by atoms with Crippen molar-refractivity contribution in [2.45, 2.75) is 58.1 Å². The number of fused-ring (bicyclic) bond motifs is 1. The van der Waals surface area contributed by atoms with Gasteiger partial charge in [-0.1, -0.05) is 33.6 Å². The minimum absolute atomic E-state index is 0.614. The van der Waals surface area contributed by atoms with E-state index in [2.05, 4.69) is 32.5 Å². The molecule has 0 radical (unpaired) electrons. The second-order valence-electron chi connectivity index (χ2n) is 6.13. The topological polar surface area (TPSA) is 0 Å². The van der Waals surface area contributed by atoms with Crippen molar-refractivity contribution in [3.63, 3.8) is 0 Å².